The Balaban J connectivity index is 3.02. The van der Waals surface area contributed by atoms with E-state index >= 15 is 0 Å². The summed E-state index contributed by atoms with van der Waals surface area (Å²) in [6.45, 7) is 27.9. The van der Waals surface area contributed by atoms with Gasteiger partial charge in [0.1, 0.15) is 11.0 Å². The van der Waals surface area contributed by atoms with Gasteiger partial charge in [-0.2, -0.15) is 0 Å². The second kappa shape index (κ2) is 11.5. The van der Waals surface area contributed by atoms with Gasteiger partial charge in [0.2, 0.25) is 0 Å². The zero-order valence-corrected chi connectivity index (χ0v) is 22.4. The number of rotatable bonds is 11. The van der Waals surface area contributed by atoms with Gasteiger partial charge in [0, 0.05) is 19.0 Å². The molecule has 0 aromatic heterocycles. The van der Waals surface area contributed by atoms with Crippen molar-refractivity contribution in [3.63, 3.8) is 0 Å². The normalized spacial score (nSPS) is 19.0. The molecule has 1 rings (SSSR count). The van der Waals surface area contributed by atoms with Crippen LogP contribution in [0.3, 0.4) is 0 Å². The minimum atomic E-state index is -1.91. The molecule has 7 heteroatoms. The van der Waals surface area contributed by atoms with Crippen LogP contribution >= 0.6 is 0 Å². The van der Waals surface area contributed by atoms with E-state index in [-0.39, 0.29) is 22.1 Å². The third kappa shape index (κ3) is 8.32. The van der Waals surface area contributed by atoms with E-state index in [0.29, 0.717) is 13.2 Å². The van der Waals surface area contributed by atoms with Crippen LogP contribution in [-0.2, 0) is 24.9 Å². The van der Waals surface area contributed by atoms with E-state index < -0.39 is 19.3 Å². The Morgan fingerprint density at radius 3 is 2.27 bits per heavy atom. The van der Waals surface area contributed by atoms with Gasteiger partial charge in [-0.05, 0) is 57.3 Å². The summed E-state index contributed by atoms with van der Waals surface area (Å²) in [4.78, 5) is 0. The molecule has 176 valence electrons. The Bertz CT molecular complexity index is 589. The second-order valence-electron chi connectivity index (χ2n) is 10.6. The summed E-state index contributed by atoms with van der Waals surface area (Å²) < 4.78 is 32.9. The summed E-state index contributed by atoms with van der Waals surface area (Å²) in [5.41, 5.74) is 0.954. The van der Waals surface area contributed by atoms with E-state index in [9.17, 15) is 4.21 Å². The highest BCUT2D eigenvalue weighted by molar-refractivity contribution is 7.84. The molecule has 1 aliphatic heterocycles. The molecule has 0 aromatic carbocycles. The van der Waals surface area contributed by atoms with Crippen LogP contribution < -0.4 is 0 Å². The first-order valence-electron chi connectivity index (χ1n) is 11.0. The van der Waals surface area contributed by atoms with Crippen molar-refractivity contribution in [2.75, 3.05) is 26.4 Å². The van der Waals surface area contributed by atoms with Crippen molar-refractivity contribution < 1.29 is 18.1 Å². The van der Waals surface area contributed by atoms with Crippen molar-refractivity contribution in [1.29, 1.82) is 0 Å². The lowest BCUT2D eigenvalue weighted by Gasteiger charge is -2.39. The quantitative estimate of drug-likeness (QED) is 0.305. The predicted octanol–water partition coefficient (Wildman–Crippen LogP) is 5.43. The van der Waals surface area contributed by atoms with Crippen LogP contribution in [0, 0.1) is 0 Å². The zero-order chi connectivity index (χ0) is 23.2. The highest BCUT2D eigenvalue weighted by atomic mass is 32.2. The summed E-state index contributed by atoms with van der Waals surface area (Å²) in [7, 11) is -3.11. The summed E-state index contributed by atoms with van der Waals surface area (Å²) in [5, 5.41) is 0.127. The smallest absolute Gasteiger partial charge is 0.192 e. The molecule has 30 heavy (non-hydrogen) atoms. The van der Waals surface area contributed by atoms with Crippen LogP contribution in [0.2, 0.25) is 18.1 Å². The van der Waals surface area contributed by atoms with Crippen LogP contribution in [0.1, 0.15) is 60.8 Å². The summed E-state index contributed by atoms with van der Waals surface area (Å²) in [6.07, 6.45) is 4.03. The van der Waals surface area contributed by atoms with E-state index in [1.807, 2.05) is 31.2 Å². The Hall–Kier alpha value is -0.313. The number of hydrogen-bond acceptors (Lipinski definition) is 4. The first-order valence-corrected chi connectivity index (χ1v) is 15.1. The molecule has 1 aliphatic rings. The fourth-order valence-electron chi connectivity index (χ4n) is 2.92. The van der Waals surface area contributed by atoms with Gasteiger partial charge >= 0.3 is 0 Å². The lowest BCUT2D eigenvalue weighted by molar-refractivity contribution is -0.182. The van der Waals surface area contributed by atoms with Gasteiger partial charge in [-0.15, -0.1) is 6.58 Å². The number of nitrogens with zero attached hydrogens (tertiary/aromatic N) is 1. The molecular formula is C23H45NO4SSi. The van der Waals surface area contributed by atoms with Crippen LogP contribution in [0.15, 0.2) is 24.8 Å². The van der Waals surface area contributed by atoms with Crippen LogP contribution in [0.4, 0.5) is 0 Å². The zero-order valence-electron chi connectivity index (χ0n) is 20.6. The van der Waals surface area contributed by atoms with E-state index in [1.54, 1.807) is 0 Å². The van der Waals surface area contributed by atoms with Crippen molar-refractivity contribution in [2.24, 2.45) is 0 Å². The monoisotopic (exact) mass is 459 g/mol. The Morgan fingerprint density at radius 2 is 1.80 bits per heavy atom. The highest BCUT2D eigenvalue weighted by Crippen LogP contribution is 2.37. The standard InChI is InChI=1S/C23H45NO4SSi/c1-11-15-24(29(25)22(3,4)5)20(13-14-21-26-16-12-17-27-21)19(2)18-28-30(9,10)23(6,7)8/h11,20-21H,1-2,12-18H2,3-10H3/t20-,29-/m0/s1. The number of ether oxygens (including phenoxy) is 2. The Morgan fingerprint density at radius 1 is 1.23 bits per heavy atom. The van der Waals surface area contributed by atoms with Gasteiger partial charge in [0.15, 0.2) is 14.6 Å². The lowest BCUT2D eigenvalue weighted by Crippen LogP contribution is -2.47. The molecule has 0 aromatic rings. The van der Waals surface area contributed by atoms with Crippen molar-refractivity contribution >= 4 is 19.3 Å². The molecule has 0 saturated carbocycles. The van der Waals surface area contributed by atoms with E-state index in [0.717, 1.165) is 38.0 Å². The summed E-state index contributed by atoms with van der Waals surface area (Å²) in [6, 6.07) is -0.0954. The van der Waals surface area contributed by atoms with Crippen molar-refractivity contribution in [3.8, 4) is 0 Å². The third-order valence-electron chi connectivity index (χ3n) is 5.86. The predicted molar refractivity (Wildman–Crippen MR) is 130 cm³/mol. The molecule has 0 bridgehead atoms. The topological polar surface area (TPSA) is 48.0 Å². The van der Waals surface area contributed by atoms with Crippen molar-refractivity contribution in [3.05, 3.63) is 24.8 Å². The molecule has 0 amide bonds. The molecule has 0 spiro atoms. The molecule has 0 aliphatic carbocycles. The Kier molecular flexibility index (Phi) is 10.6. The fourth-order valence-corrected chi connectivity index (χ4v) is 5.33. The molecule has 0 unspecified atom stereocenters. The highest BCUT2D eigenvalue weighted by Gasteiger charge is 2.38. The van der Waals surface area contributed by atoms with Gasteiger partial charge in [0.05, 0.1) is 24.6 Å². The molecule has 5 nitrogen and oxygen atoms in total. The average molecular weight is 460 g/mol. The second-order valence-corrected chi connectivity index (χ2v) is 17.6. The fraction of sp³-hybridized carbons (Fsp3) is 0.826. The van der Waals surface area contributed by atoms with Gasteiger partial charge < -0.3 is 13.9 Å². The van der Waals surface area contributed by atoms with E-state index in [4.69, 9.17) is 13.9 Å². The first-order chi connectivity index (χ1) is 13.7. The van der Waals surface area contributed by atoms with Crippen LogP contribution in [0.5, 0.6) is 0 Å². The average Bonchev–Trinajstić information content (AvgIpc) is 2.64. The van der Waals surface area contributed by atoms with Crippen molar-refractivity contribution in [2.45, 2.75) is 96.0 Å². The lowest BCUT2D eigenvalue weighted by atomic mass is 10.0. The summed E-state index contributed by atoms with van der Waals surface area (Å²) >= 11 is 0. The molecule has 0 radical (unpaired) electrons. The molecule has 2 atom stereocenters. The molecular weight excluding hydrogens is 414 g/mol. The maximum atomic E-state index is 13.4. The van der Waals surface area contributed by atoms with Crippen LogP contribution in [-0.4, -0.2) is 60.3 Å². The minimum absolute atomic E-state index is 0.0954. The number of hydrogen-bond donors (Lipinski definition) is 0. The largest absolute Gasteiger partial charge is 0.413 e. The molecule has 0 N–H and O–H groups in total. The minimum Gasteiger partial charge on any atom is -0.413 e. The summed E-state index contributed by atoms with van der Waals surface area (Å²) in [5.74, 6) is 0. The van der Waals surface area contributed by atoms with Crippen molar-refractivity contribution in [1.82, 2.24) is 4.31 Å². The Labute approximate surface area is 188 Å². The molecule has 1 heterocycles. The molecule has 1 saturated heterocycles. The SMILES string of the molecule is C=CCN([C@@H](CCC1OCCCO1)C(=C)CO[Si](C)(C)C(C)(C)C)[S@@](=O)C(C)(C)C. The third-order valence-corrected chi connectivity index (χ3v) is 12.2. The van der Waals surface area contributed by atoms with E-state index in [2.05, 4.69) is 47.0 Å². The maximum Gasteiger partial charge on any atom is 0.192 e. The van der Waals surface area contributed by atoms with Gasteiger partial charge in [-0.25, -0.2) is 8.51 Å². The van der Waals surface area contributed by atoms with Crippen LogP contribution in [0.25, 0.3) is 0 Å². The van der Waals surface area contributed by atoms with E-state index in [1.165, 1.54) is 0 Å². The maximum absolute atomic E-state index is 13.4. The molecule has 1 fully saturated rings. The van der Waals surface area contributed by atoms with Gasteiger partial charge in [0.25, 0.3) is 0 Å². The van der Waals surface area contributed by atoms with Gasteiger partial charge in [-0.3, -0.25) is 0 Å². The van der Waals surface area contributed by atoms with Gasteiger partial charge in [-0.1, -0.05) is 33.4 Å². The first kappa shape index (κ1) is 27.7.